The number of benzene rings is 4. The second kappa shape index (κ2) is 19.9. The van der Waals surface area contributed by atoms with E-state index in [2.05, 4.69) is 6.92 Å². The number of aliphatic hydroxyl groups is 1. The molecule has 6 heteroatoms. The molecule has 0 aliphatic rings. The van der Waals surface area contributed by atoms with Gasteiger partial charge in [-0.15, -0.1) is 0 Å². The maximum atomic E-state index is 12.3. The first-order valence-corrected chi connectivity index (χ1v) is 16.9. The van der Waals surface area contributed by atoms with Crippen molar-refractivity contribution in [1.29, 1.82) is 0 Å². The fraction of sp³-hybridized carbons (Fsp3) is 0.341. The van der Waals surface area contributed by atoms with E-state index in [-0.39, 0.29) is 17.5 Å². The van der Waals surface area contributed by atoms with Crippen molar-refractivity contribution in [3.8, 4) is 23.0 Å². The second-order valence-electron chi connectivity index (χ2n) is 11.8. The summed E-state index contributed by atoms with van der Waals surface area (Å²) in [5, 5.41) is 21.6. The van der Waals surface area contributed by atoms with Crippen LogP contribution in [0.3, 0.4) is 0 Å². The number of aromatic hydroxyl groups is 1. The number of ether oxygens (including phenoxy) is 3. The highest BCUT2D eigenvalue weighted by Crippen LogP contribution is 2.32. The summed E-state index contributed by atoms with van der Waals surface area (Å²) in [6.45, 7) is 3.02. The third-order valence-electron chi connectivity index (χ3n) is 7.97. The Hall–Kier alpha value is -4.55. The van der Waals surface area contributed by atoms with Gasteiger partial charge in [-0.2, -0.15) is 0 Å². The SMILES string of the molecule is CCCCCCCCCCCC(=O)Oc1ccc(C(O)C=Cc2ccc(OCc3ccccc3)cc2OCc2ccccc2)c(O)c1. The Morgan fingerprint density at radius 2 is 1.30 bits per heavy atom. The molecule has 0 saturated carbocycles. The zero-order valence-corrected chi connectivity index (χ0v) is 27.5. The molecule has 4 aromatic carbocycles. The van der Waals surface area contributed by atoms with Gasteiger partial charge in [0.05, 0.1) is 0 Å². The Bertz CT molecular complexity index is 1520. The maximum Gasteiger partial charge on any atom is 0.311 e. The molecule has 0 aliphatic carbocycles. The van der Waals surface area contributed by atoms with Crippen LogP contribution in [0, 0.1) is 0 Å². The highest BCUT2D eigenvalue weighted by atomic mass is 16.5. The minimum absolute atomic E-state index is 0.152. The smallest absolute Gasteiger partial charge is 0.311 e. The lowest BCUT2D eigenvalue weighted by molar-refractivity contribution is -0.134. The van der Waals surface area contributed by atoms with Crippen molar-refractivity contribution in [2.75, 3.05) is 0 Å². The summed E-state index contributed by atoms with van der Waals surface area (Å²) in [4.78, 5) is 12.3. The van der Waals surface area contributed by atoms with Gasteiger partial charge in [0.15, 0.2) is 0 Å². The first kappa shape index (κ1) is 35.3. The lowest BCUT2D eigenvalue weighted by atomic mass is 10.1. The summed E-state index contributed by atoms with van der Waals surface area (Å²) in [6.07, 6.45) is 13.2. The standard InChI is InChI=1S/C41H48O6/c1-2-3-4-5-6-7-8-9-16-21-41(44)47-36-25-26-37(39(43)28-36)38(42)27-23-34-22-24-35(45-30-32-17-12-10-13-18-32)29-40(34)46-31-33-19-14-11-15-20-33/h10-15,17-20,22-29,38,42-43H,2-9,16,21,30-31H2,1H3. The maximum absolute atomic E-state index is 12.3. The van der Waals surface area contributed by atoms with Crippen LogP contribution in [0.25, 0.3) is 6.08 Å². The Kier molecular flexibility index (Phi) is 14.9. The summed E-state index contributed by atoms with van der Waals surface area (Å²) in [5.41, 5.74) is 3.13. The molecule has 0 bridgehead atoms. The van der Waals surface area contributed by atoms with Crippen molar-refractivity contribution in [1.82, 2.24) is 0 Å². The molecular weight excluding hydrogens is 588 g/mol. The average molecular weight is 637 g/mol. The predicted molar refractivity (Wildman–Crippen MR) is 188 cm³/mol. The molecule has 0 radical (unpaired) electrons. The van der Waals surface area contributed by atoms with Crippen LogP contribution in [0.15, 0.2) is 103 Å². The zero-order valence-electron chi connectivity index (χ0n) is 27.5. The molecule has 2 N–H and O–H groups in total. The minimum Gasteiger partial charge on any atom is -0.507 e. The zero-order chi connectivity index (χ0) is 33.1. The molecule has 0 fully saturated rings. The molecule has 0 aliphatic heterocycles. The van der Waals surface area contributed by atoms with E-state index in [1.165, 1.54) is 44.6 Å². The van der Waals surface area contributed by atoms with Gasteiger partial charge in [-0.05, 0) is 41.8 Å². The number of hydrogen-bond donors (Lipinski definition) is 2. The van der Waals surface area contributed by atoms with Crippen LogP contribution in [0.1, 0.15) is 99.5 Å². The molecule has 0 saturated heterocycles. The fourth-order valence-corrected chi connectivity index (χ4v) is 5.24. The molecule has 4 rings (SSSR count). The van der Waals surface area contributed by atoms with Crippen LogP contribution in [-0.2, 0) is 18.0 Å². The Morgan fingerprint density at radius 3 is 1.94 bits per heavy atom. The second-order valence-corrected chi connectivity index (χ2v) is 11.8. The summed E-state index contributed by atoms with van der Waals surface area (Å²) >= 11 is 0. The highest BCUT2D eigenvalue weighted by Gasteiger charge is 2.14. The molecule has 0 heterocycles. The lowest BCUT2D eigenvalue weighted by Gasteiger charge is -2.14. The van der Waals surface area contributed by atoms with Crippen LogP contribution in [0.2, 0.25) is 0 Å². The molecule has 4 aromatic rings. The summed E-state index contributed by atoms with van der Waals surface area (Å²) in [6, 6.07) is 29.9. The van der Waals surface area contributed by atoms with E-state index >= 15 is 0 Å². The van der Waals surface area contributed by atoms with Crippen LogP contribution >= 0.6 is 0 Å². The molecule has 1 unspecified atom stereocenters. The molecule has 1 atom stereocenters. The molecule has 0 amide bonds. The van der Waals surface area contributed by atoms with Gasteiger partial charge in [0, 0.05) is 29.7 Å². The van der Waals surface area contributed by atoms with E-state index in [4.69, 9.17) is 14.2 Å². The van der Waals surface area contributed by atoms with Crippen molar-refractivity contribution >= 4 is 12.0 Å². The van der Waals surface area contributed by atoms with E-state index in [0.29, 0.717) is 36.7 Å². The largest absolute Gasteiger partial charge is 0.507 e. The third-order valence-corrected chi connectivity index (χ3v) is 7.97. The van der Waals surface area contributed by atoms with Gasteiger partial charge in [0.25, 0.3) is 0 Å². The van der Waals surface area contributed by atoms with Crippen molar-refractivity contribution < 1.29 is 29.2 Å². The lowest BCUT2D eigenvalue weighted by Crippen LogP contribution is -2.07. The average Bonchev–Trinajstić information content (AvgIpc) is 3.09. The number of phenolic OH excluding ortho intramolecular Hbond substituents is 1. The van der Waals surface area contributed by atoms with Gasteiger partial charge >= 0.3 is 5.97 Å². The van der Waals surface area contributed by atoms with Crippen molar-refractivity contribution in [2.24, 2.45) is 0 Å². The third kappa shape index (κ3) is 12.6. The summed E-state index contributed by atoms with van der Waals surface area (Å²) in [5.74, 6) is 1.04. The number of aliphatic hydroxyl groups excluding tert-OH is 1. The van der Waals surface area contributed by atoms with Crippen molar-refractivity contribution in [2.45, 2.75) is 90.4 Å². The number of unbranched alkanes of at least 4 members (excludes halogenated alkanes) is 8. The number of phenols is 1. The van der Waals surface area contributed by atoms with Gasteiger partial charge in [-0.25, -0.2) is 0 Å². The number of rotatable bonds is 20. The summed E-state index contributed by atoms with van der Waals surface area (Å²) in [7, 11) is 0. The predicted octanol–water partition coefficient (Wildman–Crippen LogP) is 10.1. The van der Waals surface area contributed by atoms with Crippen LogP contribution in [-0.4, -0.2) is 16.2 Å². The van der Waals surface area contributed by atoms with Gasteiger partial charge in [0.2, 0.25) is 0 Å². The van der Waals surface area contributed by atoms with Gasteiger partial charge < -0.3 is 24.4 Å². The van der Waals surface area contributed by atoms with Crippen LogP contribution in [0.4, 0.5) is 0 Å². The molecule has 0 aromatic heterocycles. The number of esters is 1. The normalized spacial score (nSPS) is 11.8. The molecular formula is C41H48O6. The Labute approximate surface area is 279 Å². The molecule has 47 heavy (non-hydrogen) atoms. The van der Waals surface area contributed by atoms with Gasteiger partial charge in [0.1, 0.15) is 42.3 Å². The van der Waals surface area contributed by atoms with E-state index < -0.39 is 6.10 Å². The van der Waals surface area contributed by atoms with E-state index in [1.807, 2.05) is 78.9 Å². The Balaban J connectivity index is 1.32. The number of hydrogen-bond acceptors (Lipinski definition) is 6. The first-order valence-electron chi connectivity index (χ1n) is 16.9. The topological polar surface area (TPSA) is 85.2 Å². The van der Waals surface area contributed by atoms with Crippen LogP contribution in [0.5, 0.6) is 23.0 Å². The minimum atomic E-state index is -1.10. The summed E-state index contributed by atoms with van der Waals surface area (Å²) < 4.78 is 17.6. The first-order chi connectivity index (χ1) is 23.0. The molecule has 0 spiro atoms. The quantitative estimate of drug-likeness (QED) is 0.0570. The van der Waals surface area contributed by atoms with E-state index in [1.54, 1.807) is 24.3 Å². The van der Waals surface area contributed by atoms with Crippen molar-refractivity contribution in [3.05, 3.63) is 125 Å². The molecule has 248 valence electrons. The molecule has 6 nitrogen and oxygen atoms in total. The number of carbonyl (C=O) groups is 1. The fourth-order valence-electron chi connectivity index (χ4n) is 5.24. The van der Waals surface area contributed by atoms with Crippen molar-refractivity contribution in [3.63, 3.8) is 0 Å². The number of carbonyl (C=O) groups excluding carboxylic acids is 1. The van der Waals surface area contributed by atoms with Gasteiger partial charge in [-0.3, -0.25) is 4.79 Å². The van der Waals surface area contributed by atoms with Crippen LogP contribution < -0.4 is 14.2 Å². The van der Waals surface area contributed by atoms with Gasteiger partial charge in [-0.1, -0.05) is 131 Å². The van der Waals surface area contributed by atoms with E-state index in [0.717, 1.165) is 36.0 Å². The van der Waals surface area contributed by atoms with E-state index in [9.17, 15) is 15.0 Å². The Morgan fingerprint density at radius 1 is 0.702 bits per heavy atom. The monoisotopic (exact) mass is 636 g/mol. The highest BCUT2D eigenvalue weighted by molar-refractivity contribution is 5.72.